The smallest absolute Gasteiger partial charge is 0.226 e. The SMILES string of the molecule is CC(C)Oc1ccc2c(NC(=O)C[C@@H]3C=CS(=O)(=O)C3)nn(C)c2c1. The highest BCUT2D eigenvalue weighted by Crippen LogP contribution is 2.27. The Morgan fingerprint density at radius 2 is 2.20 bits per heavy atom. The van der Waals surface area contributed by atoms with Gasteiger partial charge >= 0.3 is 0 Å². The second-order valence-electron chi connectivity index (χ2n) is 6.49. The van der Waals surface area contributed by atoms with E-state index in [0.29, 0.717) is 5.82 Å². The second kappa shape index (κ2) is 6.51. The molecule has 25 heavy (non-hydrogen) atoms. The summed E-state index contributed by atoms with van der Waals surface area (Å²) in [6, 6.07) is 5.58. The van der Waals surface area contributed by atoms with Crippen LogP contribution < -0.4 is 10.1 Å². The van der Waals surface area contributed by atoms with Crippen molar-refractivity contribution in [3.05, 3.63) is 29.7 Å². The van der Waals surface area contributed by atoms with Crippen molar-refractivity contribution in [1.82, 2.24) is 9.78 Å². The van der Waals surface area contributed by atoms with E-state index < -0.39 is 9.84 Å². The van der Waals surface area contributed by atoms with Gasteiger partial charge in [-0.2, -0.15) is 5.10 Å². The van der Waals surface area contributed by atoms with Gasteiger partial charge in [0.25, 0.3) is 0 Å². The van der Waals surface area contributed by atoms with E-state index in [9.17, 15) is 13.2 Å². The molecular formula is C17H21N3O4S. The Labute approximate surface area is 146 Å². The van der Waals surface area contributed by atoms with Crippen LogP contribution >= 0.6 is 0 Å². The van der Waals surface area contributed by atoms with Crippen LogP contribution in [0.3, 0.4) is 0 Å². The molecule has 1 atom stereocenters. The van der Waals surface area contributed by atoms with Gasteiger partial charge in [0.15, 0.2) is 15.7 Å². The third kappa shape index (κ3) is 4.01. The number of hydrogen-bond acceptors (Lipinski definition) is 5. The first-order valence-electron chi connectivity index (χ1n) is 8.08. The monoisotopic (exact) mass is 363 g/mol. The molecule has 1 aromatic heterocycles. The Kier molecular flexibility index (Phi) is 4.55. The van der Waals surface area contributed by atoms with E-state index in [1.165, 1.54) is 5.41 Å². The van der Waals surface area contributed by atoms with Gasteiger partial charge in [-0.15, -0.1) is 0 Å². The quantitative estimate of drug-likeness (QED) is 0.880. The maximum Gasteiger partial charge on any atom is 0.226 e. The second-order valence-corrected chi connectivity index (χ2v) is 8.42. The molecule has 8 heteroatoms. The molecule has 7 nitrogen and oxygen atoms in total. The number of aryl methyl sites for hydroxylation is 1. The predicted octanol–water partition coefficient (Wildman–Crippen LogP) is 2.25. The molecule has 0 radical (unpaired) electrons. The highest BCUT2D eigenvalue weighted by molar-refractivity contribution is 7.94. The Bertz CT molecular complexity index is 944. The molecule has 0 saturated heterocycles. The van der Waals surface area contributed by atoms with E-state index in [2.05, 4.69) is 10.4 Å². The Balaban J connectivity index is 1.75. The number of rotatable bonds is 5. The zero-order valence-electron chi connectivity index (χ0n) is 14.4. The number of carbonyl (C=O) groups excluding carboxylic acids is 1. The molecule has 0 spiro atoms. The van der Waals surface area contributed by atoms with E-state index in [-0.39, 0.29) is 30.1 Å². The summed E-state index contributed by atoms with van der Waals surface area (Å²) in [5.41, 5.74) is 0.844. The van der Waals surface area contributed by atoms with E-state index in [1.54, 1.807) is 17.8 Å². The van der Waals surface area contributed by atoms with Crippen molar-refractivity contribution in [3.63, 3.8) is 0 Å². The summed E-state index contributed by atoms with van der Waals surface area (Å²) in [6.45, 7) is 3.91. The maximum absolute atomic E-state index is 12.2. The van der Waals surface area contributed by atoms with Gasteiger partial charge < -0.3 is 10.1 Å². The number of sulfone groups is 1. The van der Waals surface area contributed by atoms with Crippen molar-refractivity contribution in [1.29, 1.82) is 0 Å². The summed E-state index contributed by atoms with van der Waals surface area (Å²) in [4.78, 5) is 12.2. The van der Waals surface area contributed by atoms with Gasteiger partial charge in [0, 0.05) is 36.2 Å². The average Bonchev–Trinajstić information content (AvgIpc) is 2.98. The van der Waals surface area contributed by atoms with Crippen molar-refractivity contribution in [2.24, 2.45) is 13.0 Å². The van der Waals surface area contributed by atoms with Crippen LogP contribution in [0.2, 0.25) is 0 Å². The predicted molar refractivity (Wildman–Crippen MR) is 96.1 cm³/mol. The number of fused-ring (bicyclic) bond motifs is 1. The van der Waals surface area contributed by atoms with Crippen LogP contribution in [0.15, 0.2) is 29.7 Å². The minimum Gasteiger partial charge on any atom is -0.491 e. The highest BCUT2D eigenvalue weighted by Gasteiger charge is 2.24. The van der Waals surface area contributed by atoms with Gasteiger partial charge in [-0.3, -0.25) is 9.48 Å². The molecule has 1 amide bonds. The molecule has 2 aromatic rings. The van der Waals surface area contributed by atoms with Gasteiger partial charge in [-0.05, 0) is 26.0 Å². The summed E-state index contributed by atoms with van der Waals surface area (Å²) < 4.78 is 30.2. The number of aromatic nitrogens is 2. The van der Waals surface area contributed by atoms with E-state index in [4.69, 9.17) is 4.74 Å². The van der Waals surface area contributed by atoms with Crippen molar-refractivity contribution in [2.75, 3.05) is 11.1 Å². The van der Waals surface area contributed by atoms with Crippen molar-refractivity contribution in [2.45, 2.75) is 26.4 Å². The number of benzene rings is 1. The highest BCUT2D eigenvalue weighted by atomic mass is 32.2. The molecule has 1 aliphatic heterocycles. The number of anilines is 1. The molecule has 0 saturated carbocycles. The van der Waals surface area contributed by atoms with Gasteiger partial charge in [-0.1, -0.05) is 6.08 Å². The van der Waals surface area contributed by atoms with Crippen LogP contribution in [0.1, 0.15) is 20.3 Å². The summed E-state index contributed by atoms with van der Waals surface area (Å²) in [6.07, 6.45) is 1.75. The molecule has 1 N–H and O–H groups in total. The first kappa shape index (κ1) is 17.5. The fraction of sp³-hybridized carbons (Fsp3) is 0.412. The van der Waals surface area contributed by atoms with Gasteiger partial charge in [0.2, 0.25) is 5.91 Å². The van der Waals surface area contributed by atoms with E-state index in [1.807, 2.05) is 32.0 Å². The number of nitrogens with zero attached hydrogens (tertiary/aromatic N) is 2. The summed E-state index contributed by atoms with van der Waals surface area (Å²) >= 11 is 0. The fourth-order valence-corrected chi connectivity index (χ4v) is 4.26. The maximum atomic E-state index is 12.2. The standard InChI is InChI=1S/C17H21N3O4S/c1-11(2)24-13-4-5-14-15(9-13)20(3)19-17(14)18-16(21)8-12-6-7-25(22,23)10-12/h4-7,9,11-12H,8,10H2,1-3H3,(H,18,19,21)/t12-/m0/s1. The molecule has 1 aliphatic rings. The topological polar surface area (TPSA) is 90.3 Å². The molecule has 1 aromatic carbocycles. The molecule has 0 aliphatic carbocycles. The van der Waals surface area contributed by atoms with Gasteiger partial charge in [-0.25, -0.2) is 8.42 Å². The number of nitrogens with one attached hydrogen (secondary N) is 1. The summed E-state index contributed by atoms with van der Waals surface area (Å²) in [7, 11) is -1.36. The number of allylic oxidation sites excluding steroid dienone is 1. The van der Waals surface area contributed by atoms with Crippen LogP contribution in [-0.2, 0) is 21.7 Å². The largest absolute Gasteiger partial charge is 0.491 e. The van der Waals surface area contributed by atoms with Crippen LogP contribution in [0.5, 0.6) is 5.75 Å². The lowest BCUT2D eigenvalue weighted by molar-refractivity contribution is -0.116. The molecule has 3 rings (SSSR count). The third-order valence-corrected chi connectivity index (χ3v) is 5.37. The lowest BCUT2D eigenvalue weighted by Gasteiger charge is -2.09. The van der Waals surface area contributed by atoms with Gasteiger partial charge in [0.05, 0.1) is 17.4 Å². The zero-order chi connectivity index (χ0) is 18.2. The first-order chi connectivity index (χ1) is 11.7. The van der Waals surface area contributed by atoms with Gasteiger partial charge in [0.1, 0.15) is 5.75 Å². The van der Waals surface area contributed by atoms with Crippen LogP contribution in [-0.4, -0.2) is 36.0 Å². The summed E-state index contributed by atoms with van der Waals surface area (Å²) in [5, 5.41) is 9.11. The first-order valence-corrected chi connectivity index (χ1v) is 9.79. The molecule has 0 fully saturated rings. The molecule has 134 valence electrons. The average molecular weight is 363 g/mol. The number of amides is 1. The van der Waals surface area contributed by atoms with E-state index >= 15 is 0 Å². The van der Waals surface area contributed by atoms with Crippen LogP contribution in [0.4, 0.5) is 5.82 Å². The number of hydrogen-bond donors (Lipinski definition) is 1. The number of ether oxygens (including phenoxy) is 1. The minimum absolute atomic E-state index is 0.0146. The Morgan fingerprint density at radius 1 is 1.44 bits per heavy atom. The van der Waals surface area contributed by atoms with Crippen molar-refractivity contribution >= 4 is 32.5 Å². The zero-order valence-corrected chi connectivity index (χ0v) is 15.2. The van der Waals surface area contributed by atoms with Crippen LogP contribution in [0, 0.1) is 5.92 Å². The molecule has 2 heterocycles. The number of carbonyl (C=O) groups is 1. The molecule has 0 unspecified atom stereocenters. The fourth-order valence-electron chi connectivity index (χ4n) is 2.86. The third-order valence-electron chi connectivity index (χ3n) is 3.90. The minimum atomic E-state index is -3.15. The normalized spacial score (nSPS) is 18.8. The van der Waals surface area contributed by atoms with Crippen molar-refractivity contribution < 1.29 is 17.9 Å². The van der Waals surface area contributed by atoms with Crippen LogP contribution in [0.25, 0.3) is 10.9 Å². The summed E-state index contributed by atoms with van der Waals surface area (Å²) in [5.74, 6) is 0.646. The van der Waals surface area contributed by atoms with Crippen molar-refractivity contribution in [3.8, 4) is 5.75 Å². The Morgan fingerprint density at radius 3 is 2.84 bits per heavy atom. The molecular weight excluding hydrogens is 342 g/mol. The molecule has 0 bridgehead atoms. The lowest BCUT2D eigenvalue weighted by atomic mass is 10.1. The lowest BCUT2D eigenvalue weighted by Crippen LogP contribution is -2.18. The van der Waals surface area contributed by atoms with E-state index in [0.717, 1.165) is 16.7 Å². The Hall–Kier alpha value is -2.35.